The second kappa shape index (κ2) is 10.3. The second-order valence-corrected chi connectivity index (χ2v) is 11.7. The van der Waals surface area contributed by atoms with E-state index in [1.807, 2.05) is 19.1 Å². The van der Waals surface area contributed by atoms with E-state index in [-0.39, 0.29) is 29.0 Å². The Balaban J connectivity index is 1.33. The molecule has 3 heterocycles. The van der Waals surface area contributed by atoms with Gasteiger partial charge in [0.15, 0.2) is 6.61 Å². The molecule has 9 nitrogen and oxygen atoms in total. The summed E-state index contributed by atoms with van der Waals surface area (Å²) in [7, 11) is 0. The third-order valence-electron chi connectivity index (χ3n) is 6.88. The summed E-state index contributed by atoms with van der Waals surface area (Å²) >= 11 is 2.22. The summed E-state index contributed by atoms with van der Waals surface area (Å²) < 4.78 is 5.94. The lowest BCUT2D eigenvalue weighted by Gasteiger charge is -2.30. The molecule has 3 N–H and O–H groups in total. The number of nitrogens with one attached hydrogen (secondary N) is 2. The minimum Gasteiger partial charge on any atom is -0.508 e. The molecule has 1 saturated heterocycles. The van der Waals surface area contributed by atoms with E-state index in [0.717, 1.165) is 16.9 Å². The summed E-state index contributed by atoms with van der Waals surface area (Å²) in [5, 5.41) is 12.0. The maximum atomic E-state index is 13.9. The van der Waals surface area contributed by atoms with Crippen molar-refractivity contribution in [2.45, 2.75) is 23.1 Å². The smallest absolute Gasteiger partial charge is 0.305 e. The number of hydrogen-bond donors (Lipinski definition) is 3. The zero-order valence-corrected chi connectivity index (χ0v) is 22.8. The van der Waals surface area contributed by atoms with Crippen LogP contribution in [0.3, 0.4) is 0 Å². The van der Waals surface area contributed by atoms with Crippen molar-refractivity contribution in [1.82, 2.24) is 4.98 Å². The molecule has 2 aliphatic heterocycles. The molecule has 3 unspecified atom stereocenters. The molecule has 3 amide bonds. The molecule has 0 saturated carbocycles. The third kappa shape index (κ3) is 4.67. The lowest BCUT2D eigenvalue weighted by Crippen LogP contribution is -2.32. The van der Waals surface area contributed by atoms with E-state index in [2.05, 4.69) is 10.3 Å². The van der Waals surface area contributed by atoms with Gasteiger partial charge in [0.2, 0.25) is 11.8 Å². The molecule has 11 heteroatoms. The van der Waals surface area contributed by atoms with Crippen molar-refractivity contribution in [3.8, 4) is 11.5 Å². The fraction of sp³-hybridized carbons (Fsp3) is 0.172. The zero-order chi connectivity index (χ0) is 28.0. The van der Waals surface area contributed by atoms with Gasteiger partial charge in [0.05, 0.1) is 16.6 Å². The lowest BCUT2D eigenvalue weighted by molar-refractivity contribution is -0.122. The highest BCUT2D eigenvalue weighted by atomic mass is 32.2. The second-order valence-electron chi connectivity index (χ2n) is 9.52. The minimum absolute atomic E-state index is 0.0828. The number of carbonyl (C=O) groups is 3. The van der Waals surface area contributed by atoms with E-state index in [9.17, 15) is 24.3 Å². The first kappa shape index (κ1) is 25.9. The predicted molar refractivity (Wildman–Crippen MR) is 152 cm³/mol. The van der Waals surface area contributed by atoms with Gasteiger partial charge in [-0.2, -0.15) is 0 Å². The van der Waals surface area contributed by atoms with Gasteiger partial charge in [-0.05, 0) is 49.4 Å². The van der Waals surface area contributed by atoms with E-state index < -0.39 is 23.0 Å². The number of imide groups is 1. The molecule has 202 valence electrons. The molecule has 4 aromatic rings. The van der Waals surface area contributed by atoms with Crippen molar-refractivity contribution in [2.24, 2.45) is 5.92 Å². The van der Waals surface area contributed by atoms with Gasteiger partial charge in [-0.1, -0.05) is 59.0 Å². The Morgan fingerprint density at radius 1 is 1.00 bits per heavy atom. The van der Waals surface area contributed by atoms with E-state index in [0.29, 0.717) is 32.6 Å². The zero-order valence-electron chi connectivity index (χ0n) is 21.1. The Labute approximate surface area is 236 Å². The van der Waals surface area contributed by atoms with Crippen LogP contribution in [0.15, 0.2) is 82.6 Å². The van der Waals surface area contributed by atoms with Gasteiger partial charge in [0.25, 0.3) is 5.91 Å². The largest absolute Gasteiger partial charge is 0.508 e. The van der Waals surface area contributed by atoms with Crippen LogP contribution in [0.5, 0.6) is 11.5 Å². The standard InChI is InChI=1S/C29H23N3O6S2/c1-15-6-10-17(11-7-15)32-27(35)23-22(24-26(31-29(37)40-24)39-25(23)28(32)36)19-4-2-3-5-20(19)38-14-21(34)30-16-8-12-18(33)13-9-16/h2-13,22-23,25,33H,14H2,1H3,(H,30,34)(H,31,37). The number of para-hydroxylation sites is 1. The Hall–Kier alpha value is -4.35. The topological polar surface area (TPSA) is 129 Å². The van der Waals surface area contributed by atoms with E-state index >= 15 is 0 Å². The quantitative estimate of drug-likeness (QED) is 0.232. The first-order valence-corrected chi connectivity index (χ1v) is 14.1. The average Bonchev–Trinajstić information content (AvgIpc) is 3.44. The van der Waals surface area contributed by atoms with Crippen molar-refractivity contribution < 1.29 is 24.2 Å². The summed E-state index contributed by atoms with van der Waals surface area (Å²) in [6, 6.07) is 20.3. The fourth-order valence-corrected chi connectivity index (χ4v) is 7.56. The van der Waals surface area contributed by atoms with Crippen LogP contribution in [0.4, 0.5) is 11.4 Å². The maximum absolute atomic E-state index is 13.9. The van der Waals surface area contributed by atoms with Crippen LogP contribution in [0, 0.1) is 12.8 Å². The highest BCUT2D eigenvalue weighted by molar-refractivity contribution is 8.00. The van der Waals surface area contributed by atoms with Crippen LogP contribution in [0.1, 0.15) is 21.9 Å². The van der Waals surface area contributed by atoms with Gasteiger partial charge in [-0.3, -0.25) is 19.2 Å². The number of carbonyl (C=O) groups excluding carboxylic acids is 3. The van der Waals surface area contributed by atoms with Gasteiger partial charge >= 0.3 is 4.87 Å². The molecule has 0 bridgehead atoms. The number of thioether (sulfide) groups is 1. The number of aromatic amines is 1. The summed E-state index contributed by atoms with van der Waals surface area (Å²) in [5.41, 5.74) is 2.62. The number of ether oxygens (including phenoxy) is 1. The highest BCUT2D eigenvalue weighted by Gasteiger charge is 2.56. The number of anilines is 2. The average molecular weight is 574 g/mol. The number of phenols is 1. The van der Waals surface area contributed by atoms with Crippen molar-refractivity contribution in [3.63, 3.8) is 0 Å². The van der Waals surface area contributed by atoms with Gasteiger partial charge in [0, 0.05) is 22.0 Å². The number of aromatic hydroxyl groups is 1. The van der Waals surface area contributed by atoms with Gasteiger partial charge < -0.3 is 20.1 Å². The van der Waals surface area contributed by atoms with Crippen LogP contribution < -0.4 is 19.8 Å². The Morgan fingerprint density at radius 2 is 1.73 bits per heavy atom. The normalized spacial score (nSPS) is 19.7. The number of phenolic OH excluding ortho intramolecular Hbond substituents is 1. The van der Waals surface area contributed by atoms with E-state index in [1.165, 1.54) is 28.8 Å². The van der Waals surface area contributed by atoms with Crippen LogP contribution in [0.2, 0.25) is 0 Å². The Morgan fingerprint density at radius 3 is 2.48 bits per heavy atom. The molecule has 2 aliphatic rings. The van der Waals surface area contributed by atoms with Gasteiger partial charge in [0.1, 0.15) is 16.7 Å². The molecule has 6 rings (SSSR count). The number of thiazole rings is 1. The highest BCUT2D eigenvalue weighted by Crippen LogP contribution is 2.54. The molecule has 1 aromatic heterocycles. The van der Waals surface area contributed by atoms with Crippen molar-refractivity contribution in [3.05, 3.63) is 98.5 Å². The van der Waals surface area contributed by atoms with Crippen LogP contribution in [-0.4, -0.2) is 39.7 Å². The summed E-state index contributed by atoms with van der Waals surface area (Å²) in [4.78, 5) is 57.0. The van der Waals surface area contributed by atoms with Crippen LogP contribution in [-0.2, 0) is 14.4 Å². The predicted octanol–water partition coefficient (Wildman–Crippen LogP) is 4.26. The Kier molecular flexibility index (Phi) is 6.68. The fourth-order valence-electron chi connectivity index (χ4n) is 5.05. The third-order valence-corrected chi connectivity index (χ3v) is 9.28. The molecule has 1 fully saturated rings. The van der Waals surface area contributed by atoms with Crippen LogP contribution >= 0.6 is 23.1 Å². The van der Waals surface area contributed by atoms with E-state index in [4.69, 9.17) is 4.74 Å². The molecular formula is C29H23N3O6S2. The summed E-state index contributed by atoms with van der Waals surface area (Å²) in [6.07, 6.45) is 0. The number of rotatable bonds is 6. The van der Waals surface area contributed by atoms with Gasteiger partial charge in [-0.15, -0.1) is 0 Å². The SMILES string of the molecule is Cc1ccc(N2C(=O)C3Sc4[nH]c(=O)sc4C(c4ccccc4OCC(=O)Nc4ccc(O)cc4)C3C2=O)cc1. The number of amides is 3. The van der Waals surface area contributed by atoms with Crippen molar-refractivity contribution in [2.75, 3.05) is 16.8 Å². The van der Waals surface area contributed by atoms with Gasteiger partial charge in [-0.25, -0.2) is 4.90 Å². The number of aromatic nitrogens is 1. The number of H-pyrrole nitrogens is 1. The number of nitrogens with zero attached hydrogens (tertiary/aromatic N) is 1. The molecule has 3 atom stereocenters. The molecule has 0 radical (unpaired) electrons. The van der Waals surface area contributed by atoms with E-state index in [1.54, 1.807) is 48.5 Å². The first-order chi connectivity index (χ1) is 19.3. The molecule has 0 aliphatic carbocycles. The van der Waals surface area contributed by atoms with Crippen molar-refractivity contribution >= 4 is 52.2 Å². The number of hydrogen-bond acceptors (Lipinski definition) is 8. The lowest BCUT2D eigenvalue weighted by atomic mass is 9.82. The monoisotopic (exact) mass is 573 g/mol. The summed E-state index contributed by atoms with van der Waals surface area (Å²) in [5.74, 6) is -2.04. The number of benzene rings is 3. The number of fused-ring (bicyclic) bond motifs is 2. The molecule has 3 aromatic carbocycles. The molecule has 40 heavy (non-hydrogen) atoms. The number of aryl methyl sites for hydroxylation is 1. The molecule has 0 spiro atoms. The minimum atomic E-state index is -0.770. The summed E-state index contributed by atoms with van der Waals surface area (Å²) in [6.45, 7) is 1.62. The van der Waals surface area contributed by atoms with Crippen LogP contribution in [0.25, 0.3) is 0 Å². The molecular weight excluding hydrogens is 550 g/mol. The first-order valence-electron chi connectivity index (χ1n) is 12.4. The Bertz CT molecular complexity index is 1680. The maximum Gasteiger partial charge on any atom is 0.305 e. The van der Waals surface area contributed by atoms with Crippen molar-refractivity contribution in [1.29, 1.82) is 0 Å².